The summed E-state index contributed by atoms with van der Waals surface area (Å²) in [6.07, 6.45) is 3.72. The summed E-state index contributed by atoms with van der Waals surface area (Å²) in [7, 11) is 0. The largest absolute Gasteiger partial charge is 0.480 e. The van der Waals surface area contributed by atoms with Gasteiger partial charge in [0.05, 0.1) is 11.8 Å². The van der Waals surface area contributed by atoms with E-state index in [4.69, 9.17) is 0 Å². The van der Waals surface area contributed by atoms with Crippen molar-refractivity contribution < 1.29 is 19.1 Å². The fourth-order valence-corrected chi connectivity index (χ4v) is 1.83. The number of halogens is 1. The van der Waals surface area contributed by atoms with E-state index in [0.717, 1.165) is 25.1 Å². The average Bonchev–Trinajstić information content (AvgIpc) is 3.12. The summed E-state index contributed by atoms with van der Waals surface area (Å²) in [6, 6.07) is 1.03. The van der Waals surface area contributed by atoms with E-state index in [0.29, 0.717) is 0 Å². The third-order valence-electron chi connectivity index (χ3n) is 3.18. The smallest absolute Gasteiger partial charge is 0.329 e. The minimum absolute atomic E-state index is 0.0168. The Balaban J connectivity index is 2.17. The van der Waals surface area contributed by atoms with Gasteiger partial charge in [-0.2, -0.15) is 0 Å². The zero-order chi connectivity index (χ0) is 13.3. The van der Waals surface area contributed by atoms with E-state index in [-0.39, 0.29) is 11.5 Å². The first kappa shape index (κ1) is 12.5. The summed E-state index contributed by atoms with van der Waals surface area (Å²) in [5.74, 6) is -2.41. The van der Waals surface area contributed by atoms with Crippen molar-refractivity contribution in [1.82, 2.24) is 10.3 Å². The molecule has 1 amide bonds. The standard InChI is InChI=1S/C12H13FN2O3/c1-12(11(17)18,8-2-3-8)15-10(16)7-4-9(13)6-14-5-7/h4-6,8H,2-3H2,1H3,(H,15,16)(H,17,18). The van der Waals surface area contributed by atoms with Crippen LogP contribution in [0.3, 0.4) is 0 Å². The highest BCUT2D eigenvalue weighted by Gasteiger charge is 2.48. The van der Waals surface area contributed by atoms with Crippen LogP contribution in [0.2, 0.25) is 0 Å². The topological polar surface area (TPSA) is 79.3 Å². The van der Waals surface area contributed by atoms with Crippen LogP contribution in [0.15, 0.2) is 18.5 Å². The Hall–Kier alpha value is -1.98. The van der Waals surface area contributed by atoms with E-state index < -0.39 is 23.2 Å². The van der Waals surface area contributed by atoms with Gasteiger partial charge < -0.3 is 10.4 Å². The first-order valence-corrected chi connectivity index (χ1v) is 5.60. The Kier molecular flexibility index (Phi) is 3.02. The van der Waals surface area contributed by atoms with Crippen molar-refractivity contribution in [2.24, 2.45) is 5.92 Å². The van der Waals surface area contributed by atoms with E-state index in [9.17, 15) is 19.1 Å². The molecule has 0 saturated heterocycles. The highest BCUT2D eigenvalue weighted by Crippen LogP contribution is 2.39. The molecule has 0 spiro atoms. The summed E-state index contributed by atoms with van der Waals surface area (Å²) in [5, 5.41) is 11.6. The molecule has 1 heterocycles. The maximum absolute atomic E-state index is 12.9. The number of aromatic nitrogens is 1. The van der Waals surface area contributed by atoms with Crippen LogP contribution in [0, 0.1) is 11.7 Å². The van der Waals surface area contributed by atoms with Gasteiger partial charge in [0.1, 0.15) is 11.4 Å². The fraction of sp³-hybridized carbons (Fsp3) is 0.417. The van der Waals surface area contributed by atoms with E-state index in [1.807, 2.05) is 0 Å². The van der Waals surface area contributed by atoms with Crippen molar-refractivity contribution in [2.45, 2.75) is 25.3 Å². The monoisotopic (exact) mass is 252 g/mol. The molecule has 1 aliphatic carbocycles. The normalized spacial score (nSPS) is 17.9. The number of pyridine rings is 1. The number of amides is 1. The van der Waals surface area contributed by atoms with Crippen LogP contribution >= 0.6 is 0 Å². The molecule has 1 unspecified atom stereocenters. The zero-order valence-corrected chi connectivity index (χ0v) is 9.81. The van der Waals surface area contributed by atoms with Gasteiger partial charge in [0.15, 0.2) is 0 Å². The first-order chi connectivity index (χ1) is 8.43. The molecule has 5 nitrogen and oxygen atoms in total. The minimum atomic E-state index is -1.30. The summed E-state index contributed by atoms with van der Waals surface area (Å²) in [5.41, 5.74) is -1.29. The molecule has 1 fully saturated rings. The van der Waals surface area contributed by atoms with Crippen molar-refractivity contribution in [2.75, 3.05) is 0 Å². The second-order valence-corrected chi connectivity index (χ2v) is 4.63. The lowest BCUT2D eigenvalue weighted by Crippen LogP contribution is -2.54. The number of hydrogen-bond acceptors (Lipinski definition) is 3. The summed E-state index contributed by atoms with van der Waals surface area (Å²) >= 11 is 0. The molecule has 96 valence electrons. The van der Waals surface area contributed by atoms with Gasteiger partial charge in [-0.3, -0.25) is 9.78 Å². The molecule has 2 rings (SSSR count). The van der Waals surface area contributed by atoms with E-state index in [1.54, 1.807) is 0 Å². The summed E-state index contributed by atoms with van der Waals surface area (Å²) in [6.45, 7) is 1.47. The Morgan fingerprint density at radius 3 is 2.67 bits per heavy atom. The van der Waals surface area contributed by atoms with Crippen molar-refractivity contribution in [1.29, 1.82) is 0 Å². The lowest BCUT2D eigenvalue weighted by molar-refractivity contribution is -0.144. The van der Waals surface area contributed by atoms with Crippen LogP contribution in [0.4, 0.5) is 4.39 Å². The molecule has 0 aromatic carbocycles. The van der Waals surface area contributed by atoms with Gasteiger partial charge in [0, 0.05) is 6.20 Å². The number of hydrogen-bond donors (Lipinski definition) is 2. The van der Waals surface area contributed by atoms with Crippen molar-refractivity contribution in [3.8, 4) is 0 Å². The SMILES string of the molecule is CC(NC(=O)c1cncc(F)c1)(C(=O)O)C1CC1. The molecule has 1 aromatic heterocycles. The third-order valence-corrected chi connectivity index (χ3v) is 3.18. The van der Waals surface area contributed by atoms with Crippen LogP contribution in [0.25, 0.3) is 0 Å². The number of carboxylic acid groups (broad SMARTS) is 1. The zero-order valence-electron chi connectivity index (χ0n) is 9.81. The molecule has 6 heteroatoms. The van der Waals surface area contributed by atoms with Gasteiger partial charge in [-0.15, -0.1) is 0 Å². The number of nitrogens with one attached hydrogen (secondary N) is 1. The molecular weight excluding hydrogens is 239 g/mol. The van der Waals surface area contributed by atoms with Gasteiger partial charge >= 0.3 is 5.97 Å². The second kappa shape index (κ2) is 4.36. The summed E-state index contributed by atoms with van der Waals surface area (Å²) in [4.78, 5) is 26.7. The fourth-order valence-electron chi connectivity index (χ4n) is 1.83. The minimum Gasteiger partial charge on any atom is -0.480 e. The second-order valence-electron chi connectivity index (χ2n) is 4.63. The highest BCUT2D eigenvalue weighted by atomic mass is 19.1. The van der Waals surface area contributed by atoms with Crippen molar-refractivity contribution in [3.05, 3.63) is 29.8 Å². The molecule has 1 saturated carbocycles. The third kappa shape index (κ3) is 2.32. The predicted octanol–water partition coefficient (Wildman–Crippen LogP) is 1.20. The molecule has 2 N–H and O–H groups in total. The number of nitrogens with zero attached hydrogens (tertiary/aromatic N) is 1. The lowest BCUT2D eigenvalue weighted by Gasteiger charge is -2.26. The number of aliphatic carboxylic acids is 1. The van der Waals surface area contributed by atoms with E-state index >= 15 is 0 Å². The maximum atomic E-state index is 12.9. The Morgan fingerprint density at radius 1 is 1.50 bits per heavy atom. The molecular formula is C12H13FN2O3. The maximum Gasteiger partial charge on any atom is 0.329 e. The molecule has 1 atom stereocenters. The lowest BCUT2D eigenvalue weighted by atomic mass is 9.95. The molecule has 0 radical (unpaired) electrons. The van der Waals surface area contributed by atoms with E-state index in [1.165, 1.54) is 13.1 Å². The van der Waals surface area contributed by atoms with Crippen LogP contribution < -0.4 is 5.32 Å². The predicted molar refractivity (Wildman–Crippen MR) is 60.4 cm³/mol. The summed E-state index contributed by atoms with van der Waals surface area (Å²) < 4.78 is 12.9. The quantitative estimate of drug-likeness (QED) is 0.844. The highest BCUT2D eigenvalue weighted by molar-refractivity contribution is 5.97. The van der Waals surface area contributed by atoms with Crippen molar-refractivity contribution >= 4 is 11.9 Å². The van der Waals surface area contributed by atoms with Gasteiger partial charge in [0.25, 0.3) is 5.91 Å². The van der Waals surface area contributed by atoms with Crippen LogP contribution in [0.5, 0.6) is 0 Å². The van der Waals surface area contributed by atoms with Crippen LogP contribution in [-0.2, 0) is 4.79 Å². The number of rotatable bonds is 4. The number of carbonyl (C=O) groups excluding carboxylic acids is 1. The molecule has 18 heavy (non-hydrogen) atoms. The molecule has 0 aliphatic heterocycles. The van der Waals surface area contributed by atoms with Gasteiger partial charge in [-0.1, -0.05) is 0 Å². The number of carboxylic acids is 1. The number of carbonyl (C=O) groups is 2. The Morgan fingerprint density at radius 2 is 2.17 bits per heavy atom. The molecule has 1 aliphatic rings. The molecule has 1 aromatic rings. The van der Waals surface area contributed by atoms with Gasteiger partial charge in [-0.05, 0) is 31.7 Å². The Bertz CT molecular complexity index is 502. The van der Waals surface area contributed by atoms with Gasteiger partial charge in [-0.25, -0.2) is 9.18 Å². The first-order valence-electron chi connectivity index (χ1n) is 5.60. The average molecular weight is 252 g/mol. The van der Waals surface area contributed by atoms with Crippen LogP contribution in [0.1, 0.15) is 30.1 Å². The van der Waals surface area contributed by atoms with E-state index in [2.05, 4.69) is 10.3 Å². The van der Waals surface area contributed by atoms with Gasteiger partial charge in [0.2, 0.25) is 0 Å². The molecule has 0 bridgehead atoms. The van der Waals surface area contributed by atoms with Crippen LogP contribution in [-0.4, -0.2) is 27.5 Å². The van der Waals surface area contributed by atoms with Crippen molar-refractivity contribution in [3.63, 3.8) is 0 Å². The Labute approximate surface area is 103 Å².